The van der Waals surface area contributed by atoms with E-state index in [2.05, 4.69) is 35.7 Å². The van der Waals surface area contributed by atoms with Crippen LogP contribution in [0.3, 0.4) is 0 Å². The van der Waals surface area contributed by atoms with Crippen LogP contribution in [-0.4, -0.2) is 45.1 Å². The second-order valence-electron chi connectivity index (χ2n) is 6.85. The molecule has 0 fully saturated rings. The molecule has 0 N–H and O–H groups in total. The second kappa shape index (κ2) is 8.34. The van der Waals surface area contributed by atoms with Crippen LogP contribution in [0, 0.1) is 5.95 Å². The van der Waals surface area contributed by atoms with E-state index in [4.69, 9.17) is 9.26 Å². The number of nitrogens with zero attached hydrogens (tertiary/aromatic N) is 9. The lowest BCUT2D eigenvalue weighted by Gasteiger charge is -2.06. The van der Waals surface area contributed by atoms with Gasteiger partial charge in [-0.15, -0.1) is 5.10 Å². The lowest BCUT2D eigenvalue weighted by molar-refractivity contribution is 0.279. The van der Waals surface area contributed by atoms with E-state index in [1.165, 1.54) is 12.1 Å². The average molecular weight is 433 g/mol. The molecule has 0 saturated heterocycles. The zero-order valence-electron chi connectivity index (χ0n) is 16.8. The van der Waals surface area contributed by atoms with Crippen LogP contribution in [0.4, 0.5) is 4.39 Å². The van der Waals surface area contributed by atoms with Crippen molar-refractivity contribution in [2.45, 2.75) is 13.2 Å². The third-order valence-electron chi connectivity index (χ3n) is 4.69. The molecule has 32 heavy (non-hydrogen) atoms. The summed E-state index contributed by atoms with van der Waals surface area (Å²) in [6.45, 7) is 0.616. The van der Waals surface area contributed by atoms with Crippen LogP contribution in [-0.2, 0) is 20.2 Å². The van der Waals surface area contributed by atoms with Crippen molar-refractivity contribution in [2.75, 3.05) is 0 Å². The highest BCUT2D eigenvalue weighted by Crippen LogP contribution is 2.26. The maximum atomic E-state index is 13.3. The molecule has 11 nitrogen and oxygen atoms in total. The first-order chi connectivity index (χ1) is 15.7. The molecule has 0 bridgehead atoms. The molecule has 0 aliphatic rings. The average Bonchev–Trinajstić information content (AvgIpc) is 3.54. The topological polar surface area (TPSA) is 122 Å². The molecular formula is C20H16FN9O2. The lowest BCUT2D eigenvalue weighted by Crippen LogP contribution is -2.05. The fourth-order valence-corrected chi connectivity index (χ4v) is 3.12. The number of ether oxygens (including phenoxy) is 1. The van der Waals surface area contributed by atoms with Crippen molar-refractivity contribution < 1.29 is 13.7 Å². The van der Waals surface area contributed by atoms with Crippen molar-refractivity contribution in [2.24, 2.45) is 7.05 Å². The van der Waals surface area contributed by atoms with Crippen molar-refractivity contribution in [1.82, 2.24) is 45.1 Å². The summed E-state index contributed by atoms with van der Waals surface area (Å²) >= 11 is 0. The molecule has 4 aromatic heterocycles. The summed E-state index contributed by atoms with van der Waals surface area (Å²) in [4.78, 5) is 8.22. The largest absolute Gasteiger partial charge is 0.471 e. The van der Waals surface area contributed by atoms with Gasteiger partial charge in [-0.25, -0.2) is 4.68 Å². The Morgan fingerprint density at radius 3 is 2.88 bits per heavy atom. The van der Waals surface area contributed by atoms with E-state index in [1.807, 2.05) is 24.3 Å². The molecule has 0 aliphatic heterocycles. The van der Waals surface area contributed by atoms with E-state index in [1.54, 1.807) is 35.0 Å². The summed E-state index contributed by atoms with van der Waals surface area (Å²) in [5.74, 6) is 0.283. The number of benzene rings is 1. The molecular weight excluding hydrogens is 417 g/mol. The molecule has 0 atom stereocenters. The lowest BCUT2D eigenvalue weighted by atomic mass is 10.1. The molecule has 0 aliphatic carbocycles. The van der Waals surface area contributed by atoms with Crippen LogP contribution in [0.25, 0.3) is 22.8 Å². The van der Waals surface area contributed by atoms with Crippen LogP contribution in [0.1, 0.15) is 11.3 Å². The second-order valence-corrected chi connectivity index (χ2v) is 6.85. The van der Waals surface area contributed by atoms with Crippen molar-refractivity contribution in [3.05, 3.63) is 72.2 Å². The molecule has 12 heteroatoms. The van der Waals surface area contributed by atoms with E-state index < -0.39 is 5.95 Å². The van der Waals surface area contributed by atoms with E-state index >= 15 is 0 Å². The first-order valence-corrected chi connectivity index (χ1v) is 9.56. The molecule has 160 valence electrons. The first kappa shape index (κ1) is 19.5. The quantitative estimate of drug-likeness (QED) is 0.356. The van der Waals surface area contributed by atoms with Crippen molar-refractivity contribution in [1.29, 1.82) is 0 Å². The number of aromatic nitrogens is 9. The van der Waals surface area contributed by atoms with Gasteiger partial charge < -0.3 is 9.26 Å². The molecule has 0 amide bonds. The van der Waals surface area contributed by atoms with Gasteiger partial charge in [0.15, 0.2) is 0 Å². The Hall–Kier alpha value is -4.48. The monoisotopic (exact) mass is 433 g/mol. The molecule has 0 saturated carbocycles. The summed E-state index contributed by atoms with van der Waals surface area (Å²) < 4.78 is 27.7. The van der Waals surface area contributed by atoms with Crippen LogP contribution in [0.15, 0.2) is 59.5 Å². The highest BCUT2D eigenvalue weighted by molar-refractivity contribution is 5.61. The third-order valence-corrected chi connectivity index (χ3v) is 4.69. The fourth-order valence-electron chi connectivity index (χ4n) is 3.12. The first-order valence-electron chi connectivity index (χ1n) is 9.56. The Balaban J connectivity index is 1.37. The predicted molar refractivity (Wildman–Crippen MR) is 107 cm³/mol. The van der Waals surface area contributed by atoms with Gasteiger partial charge in [-0.3, -0.25) is 4.68 Å². The summed E-state index contributed by atoms with van der Waals surface area (Å²) in [5, 5.41) is 19.5. The Morgan fingerprint density at radius 2 is 2.03 bits per heavy atom. The molecule has 4 heterocycles. The van der Waals surface area contributed by atoms with E-state index in [-0.39, 0.29) is 12.5 Å². The number of aryl methyl sites for hydroxylation is 1. The Bertz CT molecular complexity index is 1350. The van der Waals surface area contributed by atoms with Gasteiger partial charge in [-0.2, -0.15) is 19.5 Å². The minimum absolute atomic E-state index is 0.0986. The SMILES string of the molecule is Cn1ncc(-c2nc(-c3cccc(Cn4cnnn4)c3)no2)c1COc1cccc(F)n1. The van der Waals surface area contributed by atoms with Crippen LogP contribution < -0.4 is 4.74 Å². The minimum Gasteiger partial charge on any atom is -0.471 e. The van der Waals surface area contributed by atoms with Gasteiger partial charge >= 0.3 is 0 Å². The minimum atomic E-state index is -0.614. The summed E-state index contributed by atoms with van der Waals surface area (Å²) in [6.07, 6.45) is 3.16. The molecule has 0 unspecified atom stereocenters. The van der Waals surface area contributed by atoms with E-state index in [0.717, 1.165) is 11.1 Å². The van der Waals surface area contributed by atoms with E-state index in [0.29, 0.717) is 29.5 Å². The van der Waals surface area contributed by atoms with Gasteiger partial charge in [-0.05, 0) is 28.1 Å². The zero-order chi connectivity index (χ0) is 21.9. The zero-order valence-corrected chi connectivity index (χ0v) is 16.8. The van der Waals surface area contributed by atoms with Crippen LogP contribution in [0.2, 0.25) is 0 Å². The maximum Gasteiger partial charge on any atom is 0.261 e. The number of tetrazole rings is 1. The van der Waals surface area contributed by atoms with Gasteiger partial charge in [0, 0.05) is 18.7 Å². The molecule has 5 aromatic rings. The van der Waals surface area contributed by atoms with Gasteiger partial charge in [-0.1, -0.05) is 29.4 Å². The molecule has 5 rings (SSSR count). The number of halogens is 1. The van der Waals surface area contributed by atoms with E-state index in [9.17, 15) is 4.39 Å². The van der Waals surface area contributed by atoms with Crippen LogP contribution in [0.5, 0.6) is 5.88 Å². The fraction of sp³-hybridized carbons (Fsp3) is 0.150. The molecule has 0 radical (unpaired) electrons. The maximum absolute atomic E-state index is 13.3. The summed E-state index contributed by atoms with van der Waals surface area (Å²) in [7, 11) is 1.76. The van der Waals surface area contributed by atoms with Gasteiger partial charge in [0.25, 0.3) is 5.89 Å². The van der Waals surface area contributed by atoms with Crippen molar-refractivity contribution >= 4 is 0 Å². The number of hydrogen-bond donors (Lipinski definition) is 0. The van der Waals surface area contributed by atoms with Gasteiger partial charge in [0.2, 0.25) is 17.7 Å². The Kier molecular flexibility index (Phi) is 5.07. The van der Waals surface area contributed by atoms with Crippen molar-refractivity contribution in [3.63, 3.8) is 0 Å². The third kappa shape index (κ3) is 4.05. The standard InChI is InChI=1S/C20H16FN9O2/c1-29-16(11-31-18-7-3-6-17(21)24-18)15(9-23-29)20-25-19(26-32-20)14-5-2-4-13(8-14)10-30-12-22-27-28-30/h2-9,12H,10-11H2,1H3. The molecule has 0 spiro atoms. The Labute approximate surface area is 180 Å². The number of hydrogen-bond acceptors (Lipinski definition) is 9. The summed E-state index contributed by atoms with van der Waals surface area (Å²) in [6, 6.07) is 12.1. The number of pyridine rings is 1. The molecule has 1 aromatic carbocycles. The highest BCUT2D eigenvalue weighted by Gasteiger charge is 2.19. The number of rotatable bonds is 7. The predicted octanol–water partition coefficient (Wildman–Crippen LogP) is 2.29. The van der Waals surface area contributed by atoms with Crippen molar-refractivity contribution in [3.8, 4) is 28.7 Å². The normalized spacial score (nSPS) is 11.1. The van der Waals surface area contributed by atoms with Crippen LogP contribution >= 0.6 is 0 Å². The van der Waals surface area contributed by atoms with Gasteiger partial charge in [0.05, 0.1) is 24.0 Å². The smallest absolute Gasteiger partial charge is 0.261 e. The summed E-state index contributed by atoms with van der Waals surface area (Å²) in [5.41, 5.74) is 3.07. The van der Waals surface area contributed by atoms with Gasteiger partial charge in [0.1, 0.15) is 12.9 Å². The highest BCUT2D eigenvalue weighted by atomic mass is 19.1. The Morgan fingerprint density at radius 1 is 1.12 bits per heavy atom.